The van der Waals surface area contributed by atoms with Crippen LogP contribution in [-0.4, -0.2) is 52.8 Å². The van der Waals surface area contributed by atoms with Crippen LogP contribution in [-0.2, 0) is 22.7 Å². The van der Waals surface area contributed by atoms with Crippen LogP contribution in [0.25, 0.3) is 0 Å². The van der Waals surface area contributed by atoms with Crippen molar-refractivity contribution < 1.29 is 14.4 Å². The summed E-state index contributed by atoms with van der Waals surface area (Å²) < 4.78 is 0. The van der Waals surface area contributed by atoms with Crippen LogP contribution in [0.15, 0.2) is 24.3 Å². The molecule has 1 spiro atoms. The van der Waals surface area contributed by atoms with Gasteiger partial charge in [0.25, 0.3) is 5.91 Å². The minimum atomic E-state index is -0.669. The van der Waals surface area contributed by atoms with Crippen LogP contribution < -0.4 is 10.6 Å². The van der Waals surface area contributed by atoms with Crippen LogP contribution in [0.4, 0.5) is 4.79 Å². The molecule has 7 nitrogen and oxygen atoms in total. The fourth-order valence-electron chi connectivity index (χ4n) is 5.33. The molecule has 4 amide bonds. The summed E-state index contributed by atoms with van der Waals surface area (Å²) in [6, 6.07) is 8.15. The van der Waals surface area contributed by atoms with E-state index in [-0.39, 0.29) is 17.8 Å². The second-order valence-electron chi connectivity index (χ2n) is 9.86. The molecule has 1 unspecified atom stereocenters. The summed E-state index contributed by atoms with van der Waals surface area (Å²) in [6.07, 6.45) is 6.79. The van der Waals surface area contributed by atoms with Gasteiger partial charge in [0.1, 0.15) is 5.54 Å². The number of rotatable bonds is 8. The van der Waals surface area contributed by atoms with E-state index >= 15 is 0 Å². The van der Waals surface area contributed by atoms with Gasteiger partial charge in [0.2, 0.25) is 5.91 Å². The fourth-order valence-corrected chi connectivity index (χ4v) is 5.33. The summed E-state index contributed by atoms with van der Waals surface area (Å²) in [6.45, 7) is 6.44. The highest BCUT2D eigenvalue weighted by Crippen LogP contribution is 2.35. The van der Waals surface area contributed by atoms with Crippen molar-refractivity contribution in [3.8, 4) is 0 Å². The van der Waals surface area contributed by atoms with Crippen LogP contribution >= 0.6 is 0 Å². The van der Waals surface area contributed by atoms with E-state index < -0.39 is 5.54 Å². The number of piperidine rings is 1. The molecule has 1 atom stereocenters. The number of carbonyl (C=O) groups excluding carboxylic acids is 3. The Morgan fingerprint density at radius 3 is 2.56 bits per heavy atom. The maximum Gasteiger partial charge on any atom is 0.325 e. The van der Waals surface area contributed by atoms with Crippen molar-refractivity contribution in [1.82, 2.24) is 20.4 Å². The fraction of sp³-hybridized carbons (Fsp3) is 0.640. The molecule has 2 aliphatic heterocycles. The van der Waals surface area contributed by atoms with Crippen LogP contribution in [0, 0.1) is 5.92 Å². The third-order valence-corrected chi connectivity index (χ3v) is 7.15. The Balaban J connectivity index is 1.16. The molecule has 3 aliphatic rings. The van der Waals surface area contributed by atoms with Crippen LogP contribution in [0.5, 0.6) is 0 Å². The van der Waals surface area contributed by atoms with Gasteiger partial charge in [-0.1, -0.05) is 44.0 Å². The first-order valence-electron chi connectivity index (χ1n) is 12.2. The van der Waals surface area contributed by atoms with E-state index in [0.717, 1.165) is 43.7 Å². The largest absolute Gasteiger partial charge is 0.352 e. The minimum absolute atomic E-state index is 0.0565. The molecule has 2 N–H and O–H groups in total. The zero-order chi connectivity index (χ0) is 22.6. The molecular weight excluding hydrogens is 404 g/mol. The van der Waals surface area contributed by atoms with Gasteiger partial charge in [0.15, 0.2) is 0 Å². The third-order valence-electron chi connectivity index (χ3n) is 7.15. The Kier molecular flexibility index (Phi) is 7.13. The van der Waals surface area contributed by atoms with Crippen molar-refractivity contribution in [2.45, 2.75) is 76.9 Å². The van der Waals surface area contributed by atoms with E-state index in [4.69, 9.17) is 0 Å². The number of urea groups is 1. The van der Waals surface area contributed by atoms with Gasteiger partial charge >= 0.3 is 6.03 Å². The van der Waals surface area contributed by atoms with Gasteiger partial charge in [-0.2, -0.15) is 0 Å². The van der Waals surface area contributed by atoms with E-state index in [1.165, 1.54) is 36.4 Å². The average molecular weight is 441 g/mol. The molecular formula is C25H36N4O3. The molecule has 7 heteroatoms. The first-order chi connectivity index (χ1) is 15.4. The zero-order valence-electron chi connectivity index (χ0n) is 19.2. The zero-order valence-corrected chi connectivity index (χ0v) is 19.2. The molecule has 3 fully saturated rings. The predicted octanol–water partition coefficient (Wildman–Crippen LogP) is 3.18. The second kappa shape index (κ2) is 10.0. The molecule has 0 bridgehead atoms. The van der Waals surface area contributed by atoms with Gasteiger partial charge in [-0.3, -0.25) is 19.4 Å². The first kappa shape index (κ1) is 22.8. The number of hydrogen-bond acceptors (Lipinski definition) is 4. The highest BCUT2D eigenvalue weighted by Gasteiger charge is 2.52. The van der Waals surface area contributed by atoms with Gasteiger partial charge < -0.3 is 10.6 Å². The van der Waals surface area contributed by atoms with Gasteiger partial charge in [0.05, 0.1) is 0 Å². The quantitative estimate of drug-likeness (QED) is 0.609. The number of nitrogens with zero attached hydrogens (tertiary/aromatic N) is 2. The predicted molar refractivity (Wildman–Crippen MR) is 123 cm³/mol. The summed E-state index contributed by atoms with van der Waals surface area (Å²) in [5, 5.41) is 5.83. The highest BCUT2D eigenvalue weighted by molar-refractivity contribution is 6.07. The molecule has 2 heterocycles. The van der Waals surface area contributed by atoms with Crippen LogP contribution in [0.2, 0.25) is 0 Å². The number of amides is 4. The Hall–Kier alpha value is -2.41. The summed E-state index contributed by atoms with van der Waals surface area (Å²) in [5.74, 6) is 0.610. The molecule has 1 saturated carbocycles. The van der Waals surface area contributed by atoms with Crippen molar-refractivity contribution in [3.63, 3.8) is 0 Å². The molecule has 4 rings (SSSR count). The number of likely N-dealkylation sites (tertiary alicyclic amines) is 1. The molecule has 32 heavy (non-hydrogen) atoms. The van der Waals surface area contributed by atoms with Gasteiger partial charge in [-0.25, -0.2) is 4.79 Å². The Labute approximate surface area is 190 Å². The van der Waals surface area contributed by atoms with E-state index in [1.807, 2.05) is 0 Å². The monoisotopic (exact) mass is 440 g/mol. The topological polar surface area (TPSA) is 81.8 Å². The lowest BCUT2D eigenvalue weighted by atomic mass is 9.98. The molecule has 0 aromatic heterocycles. The highest BCUT2D eigenvalue weighted by atomic mass is 16.2. The second-order valence-corrected chi connectivity index (χ2v) is 9.86. The van der Waals surface area contributed by atoms with Crippen molar-refractivity contribution in [1.29, 1.82) is 0 Å². The normalized spacial score (nSPS) is 23.0. The third kappa shape index (κ3) is 5.31. The standard InChI is InChI=1S/C25H36N4O3/c1-19-6-4-14-28(17-19)18-21-10-8-20(9-11-21)16-26-22(30)7-5-15-29-23(31)25(27-24(29)32)12-2-3-13-25/h8-11,19H,2-7,12-18H2,1H3,(H,26,30)(H,27,32). The first-order valence-corrected chi connectivity index (χ1v) is 12.2. The maximum absolute atomic E-state index is 12.6. The van der Waals surface area contributed by atoms with E-state index in [0.29, 0.717) is 25.9 Å². The molecule has 1 aromatic rings. The summed E-state index contributed by atoms with van der Waals surface area (Å²) >= 11 is 0. The van der Waals surface area contributed by atoms with Crippen molar-refractivity contribution in [3.05, 3.63) is 35.4 Å². The summed E-state index contributed by atoms with van der Waals surface area (Å²) in [5.41, 5.74) is 1.71. The summed E-state index contributed by atoms with van der Waals surface area (Å²) in [7, 11) is 0. The van der Waals surface area contributed by atoms with E-state index in [9.17, 15) is 14.4 Å². The Bertz CT molecular complexity index is 832. The number of imide groups is 1. The number of carbonyl (C=O) groups is 3. The summed E-state index contributed by atoms with van der Waals surface area (Å²) in [4.78, 5) is 40.9. The maximum atomic E-state index is 12.6. The lowest BCUT2D eigenvalue weighted by Crippen LogP contribution is -2.44. The smallest absolute Gasteiger partial charge is 0.325 e. The van der Waals surface area contributed by atoms with E-state index in [2.05, 4.69) is 46.7 Å². The van der Waals surface area contributed by atoms with E-state index in [1.54, 1.807) is 0 Å². The molecule has 1 aliphatic carbocycles. The van der Waals surface area contributed by atoms with Crippen molar-refractivity contribution in [2.75, 3.05) is 19.6 Å². The van der Waals surface area contributed by atoms with Crippen LogP contribution in [0.1, 0.15) is 69.4 Å². The van der Waals surface area contributed by atoms with Crippen molar-refractivity contribution >= 4 is 17.8 Å². The lowest BCUT2D eigenvalue weighted by Gasteiger charge is -2.30. The minimum Gasteiger partial charge on any atom is -0.352 e. The SMILES string of the molecule is CC1CCCN(Cc2ccc(CNC(=O)CCCN3C(=O)NC4(CCCC4)C3=O)cc2)C1. The number of hydrogen-bond donors (Lipinski definition) is 2. The number of benzene rings is 1. The lowest BCUT2D eigenvalue weighted by molar-refractivity contribution is -0.131. The average Bonchev–Trinajstić information content (AvgIpc) is 3.33. The number of nitrogens with one attached hydrogen (secondary N) is 2. The Morgan fingerprint density at radius 1 is 1.12 bits per heavy atom. The molecule has 2 saturated heterocycles. The van der Waals surface area contributed by atoms with Crippen molar-refractivity contribution in [2.24, 2.45) is 5.92 Å². The molecule has 1 aromatic carbocycles. The van der Waals surface area contributed by atoms with Gasteiger partial charge in [-0.05, 0) is 55.7 Å². The van der Waals surface area contributed by atoms with Crippen LogP contribution in [0.3, 0.4) is 0 Å². The molecule has 174 valence electrons. The Morgan fingerprint density at radius 2 is 1.84 bits per heavy atom. The van der Waals surface area contributed by atoms with Gasteiger partial charge in [0, 0.05) is 32.6 Å². The molecule has 0 radical (unpaired) electrons. The van der Waals surface area contributed by atoms with Gasteiger partial charge in [-0.15, -0.1) is 0 Å².